The number of carbonyl (C=O) groups is 1. The third kappa shape index (κ3) is 3.01. The topological polar surface area (TPSA) is 55.1 Å². The predicted octanol–water partition coefficient (Wildman–Crippen LogP) is 2.20. The molecule has 17 heavy (non-hydrogen) atoms. The van der Waals surface area contributed by atoms with Crippen LogP contribution in [0.25, 0.3) is 0 Å². The van der Waals surface area contributed by atoms with E-state index >= 15 is 0 Å². The van der Waals surface area contributed by atoms with E-state index in [2.05, 4.69) is 19.2 Å². The van der Waals surface area contributed by atoms with Crippen LogP contribution in [0.1, 0.15) is 58.8 Å². The van der Waals surface area contributed by atoms with Gasteiger partial charge in [0.1, 0.15) is 0 Å². The largest absolute Gasteiger partial charge is 0.351 e. The van der Waals surface area contributed by atoms with Crippen molar-refractivity contribution in [3.05, 3.63) is 0 Å². The average Bonchev–Trinajstić information content (AvgIpc) is 2.68. The van der Waals surface area contributed by atoms with Crippen molar-refractivity contribution >= 4 is 5.91 Å². The van der Waals surface area contributed by atoms with Gasteiger partial charge in [-0.2, -0.15) is 0 Å². The summed E-state index contributed by atoms with van der Waals surface area (Å²) in [6.45, 7) is 4.37. The van der Waals surface area contributed by atoms with Crippen molar-refractivity contribution < 1.29 is 4.79 Å². The van der Waals surface area contributed by atoms with Gasteiger partial charge in [-0.05, 0) is 44.9 Å². The number of nitrogens with one attached hydrogen (secondary N) is 1. The fraction of sp³-hybridized carbons (Fsp3) is 0.929. The summed E-state index contributed by atoms with van der Waals surface area (Å²) >= 11 is 0. The summed E-state index contributed by atoms with van der Waals surface area (Å²) in [7, 11) is 0. The van der Waals surface area contributed by atoms with Gasteiger partial charge in [0.2, 0.25) is 5.91 Å². The predicted molar refractivity (Wildman–Crippen MR) is 69.5 cm³/mol. The summed E-state index contributed by atoms with van der Waals surface area (Å²) in [4.78, 5) is 12.3. The standard InChI is InChI=1S/C14H26N2O/c1-10-5-6-11(15)9-12(10)13(17)16-14(2)7-3-4-8-14/h10-12H,3-9,15H2,1-2H3,(H,16,17). The minimum Gasteiger partial charge on any atom is -0.351 e. The van der Waals surface area contributed by atoms with Crippen molar-refractivity contribution in [2.45, 2.75) is 70.4 Å². The van der Waals surface area contributed by atoms with Crippen molar-refractivity contribution in [1.82, 2.24) is 5.32 Å². The van der Waals surface area contributed by atoms with Gasteiger partial charge in [-0.15, -0.1) is 0 Å². The van der Waals surface area contributed by atoms with Gasteiger partial charge in [-0.25, -0.2) is 0 Å². The van der Waals surface area contributed by atoms with E-state index in [0.29, 0.717) is 5.92 Å². The highest BCUT2D eigenvalue weighted by Gasteiger charge is 2.36. The van der Waals surface area contributed by atoms with Crippen LogP contribution < -0.4 is 11.1 Å². The van der Waals surface area contributed by atoms with Crippen LogP contribution in [0.15, 0.2) is 0 Å². The summed E-state index contributed by atoms with van der Waals surface area (Å²) in [6.07, 6.45) is 7.78. The zero-order valence-corrected chi connectivity index (χ0v) is 11.2. The Morgan fingerprint density at radius 1 is 1.29 bits per heavy atom. The maximum atomic E-state index is 12.3. The van der Waals surface area contributed by atoms with Gasteiger partial charge in [0.05, 0.1) is 0 Å². The second-order valence-corrected chi connectivity index (χ2v) is 6.41. The van der Waals surface area contributed by atoms with Gasteiger partial charge < -0.3 is 11.1 Å². The van der Waals surface area contributed by atoms with E-state index in [9.17, 15) is 4.79 Å². The van der Waals surface area contributed by atoms with Crippen molar-refractivity contribution in [1.29, 1.82) is 0 Å². The van der Waals surface area contributed by atoms with Crippen LogP contribution in [0.5, 0.6) is 0 Å². The molecule has 2 aliphatic carbocycles. The average molecular weight is 238 g/mol. The molecule has 0 heterocycles. The molecule has 3 nitrogen and oxygen atoms in total. The highest BCUT2D eigenvalue weighted by atomic mass is 16.2. The molecule has 3 atom stereocenters. The van der Waals surface area contributed by atoms with Crippen LogP contribution in [0.3, 0.4) is 0 Å². The zero-order chi connectivity index (χ0) is 12.5. The van der Waals surface area contributed by atoms with Crippen molar-refractivity contribution in [3.8, 4) is 0 Å². The van der Waals surface area contributed by atoms with Crippen LogP contribution in [-0.2, 0) is 4.79 Å². The van der Waals surface area contributed by atoms with Crippen molar-refractivity contribution in [2.75, 3.05) is 0 Å². The minimum absolute atomic E-state index is 0.0539. The van der Waals surface area contributed by atoms with E-state index in [1.165, 1.54) is 12.8 Å². The fourth-order valence-corrected chi connectivity index (χ4v) is 3.39. The molecule has 2 saturated carbocycles. The van der Waals surface area contributed by atoms with Crippen LogP contribution in [0.2, 0.25) is 0 Å². The van der Waals surface area contributed by atoms with Crippen LogP contribution in [0.4, 0.5) is 0 Å². The summed E-state index contributed by atoms with van der Waals surface area (Å²) in [5.41, 5.74) is 6.04. The molecule has 0 saturated heterocycles. The fourth-order valence-electron chi connectivity index (χ4n) is 3.39. The molecule has 0 aromatic carbocycles. The minimum atomic E-state index is 0.0539. The van der Waals surface area contributed by atoms with E-state index in [0.717, 1.165) is 32.1 Å². The maximum Gasteiger partial charge on any atom is 0.223 e. The Morgan fingerprint density at radius 3 is 2.59 bits per heavy atom. The van der Waals surface area contributed by atoms with E-state index in [-0.39, 0.29) is 23.4 Å². The number of nitrogens with two attached hydrogens (primary N) is 1. The first-order valence-corrected chi connectivity index (χ1v) is 7.08. The summed E-state index contributed by atoms with van der Waals surface area (Å²) in [6, 6.07) is 0.221. The van der Waals surface area contributed by atoms with Crippen molar-refractivity contribution in [2.24, 2.45) is 17.6 Å². The lowest BCUT2D eigenvalue weighted by molar-refractivity contribution is -0.129. The second kappa shape index (κ2) is 4.97. The Kier molecular flexibility index (Phi) is 3.76. The van der Waals surface area contributed by atoms with E-state index in [4.69, 9.17) is 5.73 Å². The number of carbonyl (C=O) groups excluding carboxylic acids is 1. The SMILES string of the molecule is CC1CCC(N)CC1C(=O)NC1(C)CCCC1. The number of amides is 1. The lowest BCUT2D eigenvalue weighted by Crippen LogP contribution is -2.49. The highest BCUT2D eigenvalue weighted by Crippen LogP contribution is 2.33. The smallest absolute Gasteiger partial charge is 0.223 e. The molecular weight excluding hydrogens is 212 g/mol. The normalized spacial score (nSPS) is 36.8. The Balaban J connectivity index is 1.94. The quantitative estimate of drug-likeness (QED) is 0.775. The van der Waals surface area contributed by atoms with Gasteiger partial charge in [-0.1, -0.05) is 19.8 Å². The van der Waals surface area contributed by atoms with E-state index in [1.807, 2.05) is 0 Å². The molecule has 0 spiro atoms. The van der Waals surface area contributed by atoms with E-state index < -0.39 is 0 Å². The van der Waals surface area contributed by atoms with Gasteiger partial charge >= 0.3 is 0 Å². The highest BCUT2D eigenvalue weighted by molar-refractivity contribution is 5.80. The Labute approximate surface area is 105 Å². The molecule has 98 valence electrons. The Hall–Kier alpha value is -0.570. The molecule has 2 fully saturated rings. The first-order chi connectivity index (χ1) is 8.00. The number of hydrogen-bond acceptors (Lipinski definition) is 2. The summed E-state index contributed by atoms with van der Waals surface area (Å²) < 4.78 is 0. The van der Waals surface area contributed by atoms with Crippen molar-refractivity contribution in [3.63, 3.8) is 0 Å². The molecule has 3 N–H and O–H groups in total. The Morgan fingerprint density at radius 2 is 1.94 bits per heavy atom. The molecule has 1 amide bonds. The molecule has 0 aromatic rings. The molecule has 3 unspecified atom stereocenters. The molecule has 0 aromatic heterocycles. The molecule has 0 radical (unpaired) electrons. The third-order valence-corrected chi connectivity index (χ3v) is 4.71. The summed E-state index contributed by atoms with van der Waals surface area (Å²) in [5, 5.41) is 3.28. The molecule has 0 bridgehead atoms. The molecular formula is C14H26N2O. The first-order valence-electron chi connectivity index (χ1n) is 7.08. The first kappa shape index (κ1) is 12.9. The lowest BCUT2D eigenvalue weighted by Gasteiger charge is -2.35. The zero-order valence-electron chi connectivity index (χ0n) is 11.2. The lowest BCUT2D eigenvalue weighted by atomic mass is 9.77. The molecule has 3 heteroatoms. The monoisotopic (exact) mass is 238 g/mol. The van der Waals surface area contributed by atoms with Gasteiger partial charge in [0.15, 0.2) is 0 Å². The number of rotatable bonds is 2. The number of hydrogen-bond donors (Lipinski definition) is 2. The van der Waals surface area contributed by atoms with Crippen LogP contribution in [-0.4, -0.2) is 17.5 Å². The van der Waals surface area contributed by atoms with Gasteiger partial charge in [0, 0.05) is 17.5 Å². The van der Waals surface area contributed by atoms with E-state index in [1.54, 1.807) is 0 Å². The third-order valence-electron chi connectivity index (χ3n) is 4.71. The molecule has 2 aliphatic rings. The van der Waals surface area contributed by atoms with Gasteiger partial charge in [-0.3, -0.25) is 4.79 Å². The van der Waals surface area contributed by atoms with Crippen LogP contribution in [0, 0.1) is 11.8 Å². The molecule has 0 aliphatic heterocycles. The van der Waals surface area contributed by atoms with Crippen LogP contribution >= 0.6 is 0 Å². The summed E-state index contributed by atoms with van der Waals surface area (Å²) in [5.74, 6) is 0.869. The maximum absolute atomic E-state index is 12.3. The van der Waals surface area contributed by atoms with Gasteiger partial charge in [0.25, 0.3) is 0 Å². The second-order valence-electron chi connectivity index (χ2n) is 6.41. The Bertz CT molecular complexity index is 284. The molecule has 2 rings (SSSR count).